The summed E-state index contributed by atoms with van der Waals surface area (Å²) in [6.45, 7) is 3.55. The number of nitrogens with one attached hydrogen (secondary N) is 1. The molecule has 0 aliphatic carbocycles. The van der Waals surface area contributed by atoms with Crippen molar-refractivity contribution in [3.63, 3.8) is 0 Å². The summed E-state index contributed by atoms with van der Waals surface area (Å²) in [5.74, 6) is 0. The van der Waals surface area contributed by atoms with Gasteiger partial charge in [-0.2, -0.15) is 0 Å². The molecule has 0 spiro atoms. The largest absolute Gasteiger partial charge is 0.313 e. The lowest BCUT2D eigenvalue weighted by atomic mass is 10.2. The van der Waals surface area contributed by atoms with Gasteiger partial charge in [0.1, 0.15) is 0 Å². The Kier molecular flexibility index (Phi) is 6.47. The van der Waals surface area contributed by atoms with Crippen molar-refractivity contribution in [2.75, 3.05) is 0 Å². The van der Waals surface area contributed by atoms with Gasteiger partial charge >= 0.3 is 0 Å². The van der Waals surface area contributed by atoms with E-state index in [0.29, 0.717) is 0 Å². The lowest BCUT2D eigenvalue weighted by Gasteiger charge is -1.85. The first-order valence-electron chi connectivity index (χ1n) is 3.18. The normalized spacial score (nSPS) is 9.78. The molecule has 50 valence electrons. The lowest BCUT2D eigenvalue weighted by Crippen LogP contribution is -1.71. The Labute approximate surface area is 56.6 Å². The van der Waals surface area contributed by atoms with Crippen LogP contribution in [-0.2, 0) is 0 Å². The van der Waals surface area contributed by atoms with Crippen LogP contribution in [0.4, 0.5) is 0 Å². The SMILES string of the molecule is C=CC=CCCCC=N. The first-order chi connectivity index (χ1) is 4.41. The van der Waals surface area contributed by atoms with Gasteiger partial charge in [-0.15, -0.1) is 0 Å². The molecule has 0 radical (unpaired) electrons. The molecule has 0 bridgehead atoms. The number of hydrogen-bond donors (Lipinski definition) is 1. The van der Waals surface area contributed by atoms with E-state index < -0.39 is 0 Å². The molecule has 0 aliphatic rings. The highest BCUT2D eigenvalue weighted by Crippen LogP contribution is 1.93. The van der Waals surface area contributed by atoms with Crippen molar-refractivity contribution in [2.24, 2.45) is 0 Å². The summed E-state index contributed by atoms with van der Waals surface area (Å²) >= 11 is 0. The monoisotopic (exact) mass is 123 g/mol. The van der Waals surface area contributed by atoms with Gasteiger partial charge in [-0.1, -0.05) is 24.8 Å². The van der Waals surface area contributed by atoms with Gasteiger partial charge in [-0.3, -0.25) is 0 Å². The van der Waals surface area contributed by atoms with Gasteiger partial charge in [0.15, 0.2) is 0 Å². The Hall–Kier alpha value is -0.850. The van der Waals surface area contributed by atoms with Crippen molar-refractivity contribution in [1.82, 2.24) is 0 Å². The summed E-state index contributed by atoms with van der Waals surface area (Å²) in [4.78, 5) is 0. The molecule has 0 aromatic heterocycles. The van der Waals surface area contributed by atoms with Gasteiger partial charge < -0.3 is 5.41 Å². The van der Waals surface area contributed by atoms with Crippen LogP contribution in [0.25, 0.3) is 0 Å². The van der Waals surface area contributed by atoms with Gasteiger partial charge in [-0.25, -0.2) is 0 Å². The molecule has 0 aliphatic heterocycles. The minimum Gasteiger partial charge on any atom is -0.313 e. The fourth-order valence-electron chi connectivity index (χ4n) is 0.530. The summed E-state index contributed by atoms with van der Waals surface area (Å²) in [6, 6.07) is 0. The zero-order chi connectivity index (χ0) is 6.95. The van der Waals surface area contributed by atoms with E-state index in [1.165, 1.54) is 6.21 Å². The van der Waals surface area contributed by atoms with Gasteiger partial charge in [0.2, 0.25) is 0 Å². The summed E-state index contributed by atoms with van der Waals surface area (Å²) in [5.41, 5.74) is 0. The first kappa shape index (κ1) is 8.15. The molecule has 0 aromatic carbocycles. The molecule has 0 fully saturated rings. The minimum atomic E-state index is 0.890. The van der Waals surface area contributed by atoms with Crippen molar-refractivity contribution in [1.29, 1.82) is 5.41 Å². The highest BCUT2D eigenvalue weighted by atomic mass is 14.3. The summed E-state index contributed by atoms with van der Waals surface area (Å²) < 4.78 is 0. The zero-order valence-corrected chi connectivity index (χ0v) is 5.64. The molecular formula is C8H13N. The molecular weight excluding hydrogens is 110 g/mol. The molecule has 0 heterocycles. The quantitative estimate of drug-likeness (QED) is 0.330. The predicted octanol–water partition coefficient (Wildman–Crippen LogP) is 2.55. The summed E-state index contributed by atoms with van der Waals surface area (Å²) in [7, 11) is 0. The van der Waals surface area contributed by atoms with Crippen LogP contribution in [0.5, 0.6) is 0 Å². The number of hydrogen-bond acceptors (Lipinski definition) is 1. The fraction of sp³-hybridized carbons (Fsp3) is 0.375. The van der Waals surface area contributed by atoms with Crippen molar-refractivity contribution in [3.05, 3.63) is 24.8 Å². The molecule has 0 atom stereocenters. The van der Waals surface area contributed by atoms with Crippen molar-refractivity contribution in [2.45, 2.75) is 19.3 Å². The van der Waals surface area contributed by atoms with E-state index in [1.54, 1.807) is 6.08 Å². The fourth-order valence-corrected chi connectivity index (χ4v) is 0.530. The second-order valence-electron chi connectivity index (χ2n) is 1.80. The highest BCUT2D eigenvalue weighted by Gasteiger charge is 1.76. The maximum Gasteiger partial charge on any atom is -0.00476 e. The predicted molar refractivity (Wildman–Crippen MR) is 42.0 cm³/mol. The molecule has 0 rings (SSSR count). The molecule has 1 nitrogen and oxygen atoms in total. The van der Waals surface area contributed by atoms with Crippen LogP contribution < -0.4 is 0 Å². The number of allylic oxidation sites excluding steroid dienone is 3. The van der Waals surface area contributed by atoms with Crippen LogP contribution in [0.15, 0.2) is 24.8 Å². The molecule has 0 saturated heterocycles. The Balaban J connectivity index is 2.98. The van der Waals surface area contributed by atoms with Crippen molar-refractivity contribution < 1.29 is 0 Å². The van der Waals surface area contributed by atoms with E-state index in [-0.39, 0.29) is 0 Å². The van der Waals surface area contributed by atoms with Crippen molar-refractivity contribution in [3.8, 4) is 0 Å². The molecule has 0 saturated carbocycles. The van der Waals surface area contributed by atoms with Gasteiger partial charge in [0.05, 0.1) is 0 Å². The summed E-state index contributed by atoms with van der Waals surface area (Å²) in [6.07, 6.45) is 10.2. The smallest absolute Gasteiger partial charge is 0.00476 e. The number of unbranched alkanes of at least 4 members (excludes halogenated alkanes) is 2. The third-order valence-electron chi connectivity index (χ3n) is 0.991. The van der Waals surface area contributed by atoms with E-state index in [0.717, 1.165) is 19.3 Å². The van der Waals surface area contributed by atoms with Gasteiger partial charge in [0.25, 0.3) is 0 Å². The third kappa shape index (κ3) is 7.15. The Morgan fingerprint density at radius 3 is 2.67 bits per heavy atom. The second kappa shape index (κ2) is 7.15. The molecule has 0 unspecified atom stereocenters. The topological polar surface area (TPSA) is 23.9 Å². The van der Waals surface area contributed by atoms with Crippen LogP contribution in [0.3, 0.4) is 0 Å². The van der Waals surface area contributed by atoms with E-state index in [1.807, 2.05) is 6.08 Å². The van der Waals surface area contributed by atoms with E-state index in [4.69, 9.17) is 5.41 Å². The lowest BCUT2D eigenvalue weighted by molar-refractivity contribution is 0.901. The zero-order valence-electron chi connectivity index (χ0n) is 5.64. The Bertz CT molecular complexity index is 103. The Morgan fingerprint density at radius 1 is 1.33 bits per heavy atom. The second-order valence-corrected chi connectivity index (χ2v) is 1.80. The Morgan fingerprint density at radius 2 is 2.11 bits per heavy atom. The van der Waals surface area contributed by atoms with E-state index in [2.05, 4.69) is 12.7 Å². The van der Waals surface area contributed by atoms with Crippen LogP contribution >= 0.6 is 0 Å². The molecule has 9 heavy (non-hydrogen) atoms. The molecule has 0 aromatic rings. The number of rotatable bonds is 5. The maximum absolute atomic E-state index is 6.71. The summed E-state index contributed by atoms with van der Waals surface area (Å²) in [5, 5.41) is 6.71. The van der Waals surface area contributed by atoms with Crippen LogP contribution in [-0.4, -0.2) is 6.21 Å². The average molecular weight is 123 g/mol. The van der Waals surface area contributed by atoms with Gasteiger partial charge in [0, 0.05) is 0 Å². The first-order valence-corrected chi connectivity index (χ1v) is 3.18. The van der Waals surface area contributed by atoms with Crippen LogP contribution in [0.2, 0.25) is 0 Å². The maximum atomic E-state index is 6.71. The highest BCUT2D eigenvalue weighted by molar-refractivity contribution is 5.52. The molecule has 1 heteroatoms. The van der Waals surface area contributed by atoms with E-state index >= 15 is 0 Å². The van der Waals surface area contributed by atoms with Gasteiger partial charge in [-0.05, 0) is 25.5 Å². The van der Waals surface area contributed by atoms with E-state index in [9.17, 15) is 0 Å². The molecule has 1 N–H and O–H groups in total. The third-order valence-corrected chi connectivity index (χ3v) is 0.991. The van der Waals surface area contributed by atoms with Crippen LogP contribution in [0, 0.1) is 5.41 Å². The minimum absolute atomic E-state index is 0.890. The van der Waals surface area contributed by atoms with Crippen molar-refractivity contribution >= 4 is 6.21 Å². The van der Waals surface area contributed by atoms with Crippen LogP contribution in [0.1, 0.15) is 19.3 Å². The average Bonchev–Trinajstić information content (AvgIpc) is 1.89. The molecule has 0 amide bonds. The standard InChI is InChI=1S/C8H13N/c1-2-3-4-5-6-7-8-9/h2-4,8-9H,1,5-7H2.